The number of carbonyl (C=O) groups excluding carboxylic acids is 1. The van der Waals surface area contributed by atoms with Gasteiger partial charge in [-0.15, -0.1) is 11.8 Å². The molecule has 0 aliphatic heterocycles. The number of amides is 1. The molecule has 0 aliphatic carbocycles. The van der Waals surface area contributed by atoms with Crippen LogP contribution in [0, 0.1) is 0 Å². The molecule has 0 fully saturated rings. The van der Waals surface area contributed by atoms with Crippen molar-refractivity contribution >= 4 is 44.6 Å². The molecule has 1 N–H and O–H groups in total. The molecule has 118 valence electrons. The van der Waals surface area contributed by atoms with Crippen molar-refractivity contribution in [3.05, 3.63) is 64.8 Å². The number of para-hydroxylation sites is 1. The first kappa shape index (κ1) is 16.1. The molecular formula is C18H16BrNO2S. The number of fused-ring (bicyclic) bond motifs is 1. The lowest BCUT2D eigenvalue weighted by molar-refractivity contribution is -0.119. The van der Waals surface area contributed by atoms with E-state index in [1.165, 1.54) is 11.8 Å². The number of hydrogen-bond donors (Lipinski definition) is 1. The van der Waals surface area contributed by atoms with E-state index in [1.54, 1.807) is 0 Å². The Morgan fingerprint density at radius 3 is 2.70 bits per heavy atom. The summed E-state index contributed by atoms with van der Waals surface area (Å²) in [6.45, 7) is 1.93. The second kappa shape index (κ2) is 7.23. The van der Waals surface area contributed by atoms with Gasteiger partial charge in [0.1, 0.15) is 11.3 Å². The van der Waals surface area contributed by atoms with E-state index in [1.807, 2.05) is 61.5 Å². The normalized spacial score (nSPS) is 12.3. The summed E-state index contributed by atoms with van der Waals surface area (Å²) in [4.78, 5) is 13.2. The number of hydrogen-bond acceptors (Lipinski definition) is 3. The highest BCUT2D eigenvalue weighted by Crippen LogP contribution is 2.24. The van der Waals surface area contributed by atoms with Gasteiger partial charge in [-0.1, -0.05) is 34.1 Å². The molecule has 0 saturated heterocycles. The third kappa shape index (κ3) is 4.18. The molecule has 1 heterocycles. The average Bonchev–Trinajstić information content (AvgIpc) is 2.98. The fourth-order valence-electron chi connectivity index (χ4n) is 2.25. The van der Waals surface area contributed by atoms with Gasteiger partial charge in [-0.2, -0.15) is 0 Å². The van der Waals surface area contributed by atoms with Crippen LogP contribution in [0.5, 0.6) is 0 Å². The van der Waals surface area contributed by atoms with Gasteiger partial charge in [0, 0.05) is 14.8 Å². The Bertz CT molecular complexity index is 780. The second-order valence-corrected chi connectivity index (χ2v) is 7.18. The van der Waals surface area contributed by atoms with Crippen LogP contribution in [0.2, 0.25) is 0 Å². The Hall–Kier alpha value is -1.72. The van der Waals surface area contributed by atoms with E-state index in [0.29, 0.717) is 5.75 Å². The zero-order valence-electron chi connectivity index (χ0n) is 12.6. The molecule has 23 heavy (non-hydrogen) atoms. The third-order valence-electron chi connectivity index (χ3n) is 3.43. The number of nitrogens with one attached hydrogen (secondary N) is 1. The Morgan fingerprint density at radius 1 is 1.22 bits per heavy atom. The summed E-state index contributed by atoms with van der Waals surface area (Å²) >= 11 is 4.92. The molecule has 5 heteroatoms. The maximum Gasteiger partial charge on any atom is 0.230 e. The van der Waals surface area contributed by atoms with Gasteiger partial charge in [0.05, 0.1) is 11.8 Å². The molecule has 0 bridgehead atoms. The summed E-state index contributed by atoms with van der Waals surface area (Å²) in [6, 6.07) is 17.6. The maximum absolute atomic E-state index is 12.1. The minimum Gasteiger partial charge on any atom is -0.459 e. The topological polar surface area (TPSA) is 42.2 Å². The van der Waals surface area contributed by atoms with Crippen molar-refractivity contribution in [2.75, 3.05) is 5.75 Å². The van der Waals surface area contributed by atoms with E-state index in [4.69, 9.17) is 4.42 Å². The average molecular weight is 390 g/mol. The van der Waals surface area contributed by atoms with Gasteiger partial charge >= 0.3 is 0 Å². The van der Waals surface area contributed by atoms with Gasteiger partial charge in [0.25, 0.3) is 0 Å². The van der Waals surface area contributed by atoms with Gasteiger partial charge in [-0.25, -0.2) is 0 Å². The van der Waals surface area contributed by atoms with E-state index in [0.717, 1.165) is 26.1 Å². The molecular weight excluding hydrogens is 374 g/mol. The van der Waals surface area contributed by atoms with Gasteiger partial charge in [-0.05, 0) is 43.3 Å². The lowest BCUT2D eigenvalue weighted by atomic mass is 10.2. The van der Waals surface area contributed by atoms with Crippen molar-refractivity contribution in [3.8, 4) is 0 Å². The van der Waals surface area contributed by atoms with Gasteiger partial charge in [-0.3, -0.25) is 4.79 Å². The second-order valence-electron chi connectivity index (χ2n) is 5.22. The van der Waals surface area contributed by atoms with Crippen LogP contribution in [0.4, 0.5) is 0 Å². The molecule has 0 spiro atoms. The van der Waals surface area contributed by atoms with Crippen LogP contribution in [0.3, 0.4) is 0 Å². The number of benzene rings is 2. The van der Waals surface area contributed by atoms with Crippen LogP contribution in [-0.2, 0) is 4.79 Å². The first-order valence-electron chi connectivity index (χ1n) is 7.28. The van der Waals surface area contributed by atoms with E-state index in [2.05, 4.69) is 21.2 Å². The first-order valence-corrected chi connectivity index (χ1v) is 9.06. The highest BCUT2D eigenvalue weighted by molar-refractivity contribution is 9.10. The van der Waals surface area contributed by atoms with Crippen LogP contribution in [0.15, 0.2) is 68.4 Å². The standard InChI is InChI=1S/C18H16BrNO2S/c1-12(17-10-13-4-2-3-5-16(13)22-17)20-18(21)11-23-15-8-6-14(19)7-9-15/h2-10,12H,11H2,1H3,(H,20,21)/t12-/m1/s1. The van der Waals surface area contributed by atoms with E-state index in [-0.39, 0.29) is 11.9 Å². The van der Waals surface area contributed by atoms with E-state index < -0.39 is 0 Å². The highest BCUT2D eigenvalue weighted by atomic mass is 79.9. The molecule has 0 radical (unpaired) electrons. The van der Waals surface area contributed by atoms with Crippen LogP contribution in [-0.4, -0.2) is 11.7 Å². The predicted molar refractivity (Wildman–Crippen MR) is 97.6 cm³/mol. The van der Waals surface area contributed by atoms with Crippen LogP contribution < -0.4 is 5.32 Å². The Morgan fingerprint density at radius 2 is 1.96 bits per heavy atom. The number of thioether (sulfide) groups is 1. The van der Waals surface area contributed by atoms with Crippen molar-refractivity contribution in [2.45, 2.75) is 17.9 Å². The van der Waals surface area contributed by atoms with E-state index >= 15 is 0 Å². The molecule has 0 aliphatic rings. The number of carbonyl (C=O) groups is 1. The summed E-state index contributed by atoms with van der Waals surface area (Å²) in [5.74, 6) is 1.14. The lowest BCUT2D eigenvalue weighted by Crippen LogP contribution is -2.27. The Labute approximate surface area is 147 Å². The SMILES string of the molecule is C[C@@H](NC(=O)CSc1ccc(Br)cc1)c1cc2ccccc2o1. The zero-order valence-corrected chi connectivity index (χ0v) is 15.0. The molecule has 3 rings (SSSR count). The summed E-state index contributed by atoms with van der Waals surface area (Å²) < 4.78 is 6.81. The first-order chi connectivity index (χ1) is 11.1. The Kier molecular flexibility index (Phi) is 5.08. The minimum absolute atomic E-state index is 0.00845. The van der Waals surface area contributed by atoms with Crippen LogP contribution >= 0.6 is 27.7 Å². The molecule has 3 aromatic rings. The summed E-state index contributed by atoms with van der Waals surface area (Å²) in [7, 11) is 0. The molecule has 1 atom stereocenters. The fraction of sp³-hybridized carbons (Fsp3) is 0.167. The maximum atomic E-state index is 12.1. The summed E-state index contributed by atoms with van der Waals surface area (Å²) in [5, 5.41) is 4.02. The van der Waals surface area contributed by atoms with Crippen molar-refractivity contribution in [2.24, 2.45) is 0 Å². The third-order valence-corrected chi connectivity index (χ3v) is 4.97. The molecule has 0 unspecified atom stereocenters. The van der Waals surface area contributed by atoms with Crippen LogP contribution in [0.25, 0.3) is 11.0 Å². The molecule has 2 aromatic carbocycles. The molecule has 1 amide bonds. The smallest absolute Gasteiger partial charge is 0.230 e. The minimum atomic E-state index is -0.152. The van der Waals surface area contributed by atoms with E-state index in [9.17, 15) is 4.79 Å². The van der Waals surface area contributed by atoms with Gasteiger partial charge in [0.15, 0.2) is 0 Å². The summed E-state index contributed by atoms with van der Waals surface area (Å²) in [5.41, 5.74) is 0.841. The lowest BCUT2D eigenvalue weighted by Gasteiger charge is -2.11. The number of rotatable bonds is 5. The largest absolute Gasteiger partial charge is 0.459 e. The molecule has 0 saturated carbocycles. The zero-order chi connectivity index (χ0) is 16.2. The van der Waals surface area contributed by atoms with Crippen molar-refractivity contribution < 1.29 is 9.21 Å². The molecule has 1 aromatic heterocycles. The predicted octanol–water partition coefficient (Wildman–Crippen LogP) is 5.16. The van der Waals surface area contributed by atoms with Crippen molar-refractivity contribution in [3.63, 3.8) is 0 Å². The number of furan rings is 1. The molecule has 3 nitrogen and oxygen atoms in total. The van der Waals surface area contributed by atoms with Crippen molar-refractivity contribution in [1.29, 1.82) is 0 Å². The van der Waals surface area contributed by atoms with Gasteiger partial charge < -0.3 is 9.73 Å². The monoisotopic (exact) mass is 389 g/mol. The summed E-state index contributed by atoms with van der Waals surface area (Å²) in [6.07, 6.45) is 0. The van der Waals surface area contributed by atoms with Crippen molar-refractivity contribution in [1.82, 2.24) is 5.32 Å². The highest BCUT2D eigenvalue weighted by Gasteiger charge is 2.14. The van der Waals surface area contributed by atoms with Gasteiger partial charge in [0.2, 0.25) is 5.91 Å². The number of halogens is 1. The quantitative estimate of drug-likeness (QED) is 0.612. The fourth-order valence-corrected chi connectivity index (χ4v) is 3.22. The van der Waals surface area contributed by atoms with Crippen LogP contribution in [0.1, 0.15) is 18.7 Å². The Balaban J connectivity index is 1.57.